The summed E-state index contributed by atoms with van der Waals surface area (Å²) >= 11 is 0. The summed E-state index contributed by atoms with van der Waals surface area (Å²) < 4.78 is 0.622. The molecule has 0 aliphatic carbocycles. The van der Waals surface area contributed by atoms with E-state index in [0.29, 0.717) is 10.2 Å². The number of carbonyl (C=O) groups excluding carboxylic acids is 1. The van der Waals surface area contributed by atoms with Gasteiger partial charge in [0.2, 0.25) is 0 Å². The van der Waals surface area contributed by atoms with Crippen molar-refractivity contribution in [2.75, 3.05) is 13.1 Å². The molecule has 130 valence electrons. The second-order valence-electron chi connectivity index (χ2n) is 6.16. The number of rotatable bonds is 10. The predicted octanol–water partition coefficient (Wildman–Crippen LogP) is 1.21. The van der Waals surface area contributed by atoms with Gasteiger partial charge in [0.25, 0.3) is 5.91 Å². The molecular formula is C19H31ClN2O. The van der Waals surface area contributed by atoms with Gasteiger partial charge in [-0.15, -0.1) is 0 Å². The highest BCUT2D eigenvalue weighted by Gasteiger charge is 2.29. The normalized spacial score (nSPS) is 10.7. The van der Waals surface area contributed by atoms with Crippen LogP contribution in [-0.4, -0.2) is 23.6 Å². The fraction of sp³-hybridized carbons (Fsp3) is 0.526. The van der Waals surface area contributed by atoms with Gasteiger partial charge in [-0.2, -0.15) is 5.43 Å². The lowest BCUT2D eigenvalue weighted by atomic mass is 10.1. The third-order valence-corrected chi connectivity index (χ3v) is 3.93. The maximum absolute atomic E-state index is 12.2. The molecule has 0 radical (unpaired) electrons. The maximum atomic E-state index is 12.2. The van der Waals surface area contributed by atoms with Crippen LogP contribution in [0.25, 0.3) is 0 Å². The molecule has 0 aliphatic rings. The van der Waals surface area contributed by atoms with Gasteiger partial charge >= 0.3 is 0 Å². The van der Waals surface area contributed by atoms with E-state index in [-0.39, 0.29) is 18.3 Å². The van der Waals surface area contributed by atoms with Gasteiger partial charge in [-0.1, -0.05) is 63.6 Å². The number of carbonyl (C=O) groups is 1. The first-order chi connectivity index (χ1) is 10.5. The second-order valence-corrected chi connectivity index (χ2v) is 6.16. The number of hydrogen-bond acceptors (Lipinski definition) is 1. The van der Waals surface area contributed by atoms with Crippen molar-refractivity contribution in [1.29, 1.82) is 0 Å². The van der Waals surface area contributed by atoms with Crippen LogP contribution in [0.15, 0.2) is 42.5 Å². The highest BCUT2D eigenvalue weighted by atomic mass is 35.5. The number of benzene rings is 1. The van der Waals surface area contributed by atoms with E-state index in [0.717, 1.165) is 45.3 Å². The Morgan fingerprint density at radius 1 is 1.09 bits per heavy atom. The van der Waals surface area contributed by atoms with Gasteiger partial charge in [0.05, 0.1) is 0 Å². The van der Waals surface area contributed by atoms with Gasteiger partial charge in [-0.05, 0) is 19.8 Å². The van der Waals surface area contributed by atoms with Gasteiger partial charge in [0, 0.05) is 11.1 Å². The molecule has 1 amide bonds. The molecule has 0 aromatic heterocycles. The van der Waals surface area contributed by atoms with Crippen LogP contribution in [0.4, 0.5) is 0 Å². The summed E-state index contributed by atoms with van der Waals surface area (Å²) in [5, 5.41) is 0. The average molecular weight is 339 g/mol. The van der Waals surface area contributed by atoms with Gasteiger partial charge in [0.1, 0.15) is 19.6 Å². The van der Waals surface area contributed by atoms with Crippen molar-refractivity contribution in [3.63, 3.8) is 0 Å². The van der Waals surface area contributed by atoms with Gasteiger partial charge in [0.15, 0.2) is 0 Å². The van der Waals surface area contributed by atoms with Crippen LogP contribution in [0.2, 0.25) is 0 Å². The summed E-state index contributed by atoms with van der Waals surface area (Å²) in [6, 6.07) is 10.4. The number of amides is 1. The Labute approximate surface area is 147 Å². The molecule has 0 saturated heterocycles. The van der Waals surface area contributed by atoms with Gasteiger partial charge in [-0.3, -0.25) is 4.79 Å². The quantitative estimate of drug-likeness (QED) is 0.388. The minimum atomic E-state index is -0.0388. The number of nitrogens with one attached hydrogen (secondary N) is 1. The topological polar surface area (TPSA) is 29.1 Å². The predicted molar refractivity (Wildman–Crippen MR) is 92.9 cm³/mol. The summed E-state index contributed by atoms with van der Waals surface area (Å²) in [6.45, 7) is 12.7. The van der Waals surface area contributed by atoms with Crippen molar-refractivity contribution in [1.82, 2.24) is 5.43 Å². The Bertz CT molecular complexity index is 466. The first kappa shape index (κ1) is 21.7. The minimum absolute atomic E-state index is 0. The fourth-order valence-electron chi connectivity index (χ4n) is 2.59. The van der Waals surface area contributed by atoms with E-state index in [9.17, 15) is 4.79 Å². The van der Waals surface area contributed by atoms with Crippen LogP contribution in [0.5, 0.6) is 0 Å². The highest BCUT2D eigenvalue weighted by Crippen LogP contribution is 2.16. The number of hydrogen-bond donors (Lipinski definition) is 1. The van der Waals surface area contributed by atoms with E-state index in [1.807, 2.05) is 6.07 Å². The Morgan fingerprint density at radius 3 is 2.04 bits per heavy atom. The Morgan fingerprint density at radius 2 is 1.61 bits per heavy atom. The average Bonchev–Trinajstić information content (AvgIpc) is 2.51. The molecule has 23 heavy (non-hydrogen) atoms. The first-order valence-electron chi connectivity index (χ1n) is 8.41. The number of nitrogens with zero attached hydrogens (tertiary/aromatic N) is 1. The largest absolute Gasteiger partial charge is 1.00 e. The standard InChI is InChI=1S/C19H30N2O.ClH/c1-5-7-14-21(15-8-6-2,20-19(22)17(3)4)16-18-12-10-9-11-13-18;/h9-13H,3,5-8,14-16H2,1-2,4H3;1H. The molecule has 3 nitrogen and oxygen atoms in total. The zero-order valence-electron chi connectivity index (χ0n) is 14.8. The number of quaternary nitrogens is 1. The van der Waals surface area contributed by atoms with Gasteiger partial charge in [-0.25, -0.2) is 4.59 Å². The molecule has 0 atom stereocenters. The molecule has 1 aromatic rings. The number of halogens is 1. The Hall–Kier alpha value is -1.32. The molecule has 1 aromatic carbocycles. The molecule has 0 heterocycles. The van der Waals surface area contributed by atoms with E-state index in [1.54, 1.807) is 6.92 Å². The minimum Gasteiger partial charge on any atom is -1.00 e. The zero-order valence-corrected chi connectivity index (χ0v) is 15.5. The van der Waals surface area contributed by atoms with Crippen LogP contribution in [0.1, 0.15) is 52.0 Å². The SMILES string of the molecule is C=C(C)C(=O)N[N+](CCCC)(CCCC)Cc1ccccc1.[Cl-]. The highest BCUT2D eigenvalue weighted by molar-refractivity contribution is 5.91. The molecular weight excluding hydrogens is 308 g/mol. The molecule has 0 aliphatic heterocycles. The lowest BCUT2D eigenvalue weighted by Crippen LogP contribution is -3.00. The monoisotopic (exact) mass is 338 g/mol. The van der Waals surface area contributed by atoms with Crippen molar-refractivity contribution < 1.29 is 21.8 Å². The van der Waals surface area contributed by atoms with Crippen LogP contribution in [0.3, 0.4) is 0 Å². The zero-order chi connectivity index (χ0) is 16.4. The summed E-state index contributed by atoms with van der Waals surface area (Å²) in [6.07, 6.45) is 4.47. The van der Waals surface area contributed by atoms with Crippen molar-refractivity contribution in [3.8, 4) is 0 Å². The summed E-state index contributed by atoms with van der Waals surface area (Å²) in [7, 11) is 0. The van der Waals surface area contributed by atoms with E-state index in [1.165, 1.54) is 5.56 Å². The molecule has 0 saturated carbocycles. The van der Waals surface area contributed by atoms with Gasteiger partial charge < -0.3 is 12.4 Å². The molecule has 0 fully saturated rings. The fourth-order valence-corrected chi connectivity index (χ4v) is 2.59. The first-order valence-corrected chi connectivity index (χ1v) is 8.41. The van der Waals surface area contributed by atoms with E-state index in [2.05, 4.69) is 50.1 Å². The van der Waals surface area contributed by atoms with Crippen molar-refractivity contribution >= 4 is 5.91 Å². The molecule has 0 spiro atoms. The summed E-state index contributed by atoms with van der Waals surface area (Å²) in [5.74, 6) is -0.0388. The van der Waals surface area contributed by atoms with Crippen molar-refractivity contribution in [2.45, 2.75) is 53.0 Å². The Kier molecular flexibility index (Phi) is 10.6. The Balaban J connectivity index is 0.00000484. The molecule has 0 unspecified atom stereocenters. The van der Waals surface area contributed by atoms with Crippen LogP contribution in [-0.2, 0) is 11.3 Å². The van der Waals surface area contributed by atoms with Crippen LogP contribution < -0.4 is 17.8 Å². The maximum Gasteiger partial charge on any atom is 0.291 e. The molecule has 0 bridgehead atoms. The summed E-state index contributed by atoms with van der Waals surface area (Å²) in [4.78, 5) is 12.2. The van der Waals surface area contributed by atoms with Crippen molar-refractivity contribution in [3.05, 3.63) is 48.0 Å². The smallest absolute Gasteiger partial charge is 0.291 e. The third-order valence-electron chi connectivity index (χ3n) is 3.93. The lowest BCUT2D eigenvalue weighted by Gasteiger charge is -2.38. The van der Waals surface area contributed by atoms with Crippen molar-refractivity contribution in [2.24, 2.45) is 0 Å². The lowest BCUT2D eigenvalue weighted by molar-refractivity contribution is -0.974. The molecule has 4 heteroatoms. The summed E-state index contributed by atoms with van der Waals surface area (Å²) in [5.41, 5.74) is 5.08. The second kappa shape index (κ2) is 11.3. The molecule has 1 N–H and O–H groups in total. The van der Waals surface area contributed by atoms with E-state index < -0.39 is 0 Å². The van der Waals surface area contributed by atoms with E-state index >= 15 is 0 Å². The molecule has 1 rings (SSSR count). The third kappa shape index (κ3) is 7.67. The van der Waals surface area contributed by atoms with Crippen LogP contribution >= 0.6 is 0 Å². The van der Waals surface area contributed by atoms with E-state index in [4.69, 9.17) is 0 Å². The van der Waals surface area contributed by atoms with Crippen LogP contribution in [0, 0.1) is 0 Å². The number of unbranched alkanes of at least 4 members (excludes halogenated alkanes) is 2.